The van der Waals surface area contributed by atoms with Gasteiger partial charge in [-0.3, -0.25) is 23.8 Å². The van der Waals surface area contributed by atoms with Crippen molar-refractivity contribution in [2.24, 2.45) is 13.0 Å². The molecule has 0 bridgehead atoms. The SMILES string of the molecule is CC(C)CCN1CCN(c2nc3c(c(=O)[nH]c(=O)n3C)n2Cc2ccccc2)CC1. The predicted molar refractivity (Wildman–Crippen MR) is 119 cm³/mol. The number of aryl methyl sites for hydroxylation is 1. The van der Waals surface area contributed by atoms with Crippen molar-refractivity contribution in [1.29, 1.82) is 0 Å². The predicted octanol–water partition coefficient (Wildman–Crippen LogP) is 1.64. The van der Waals surface area contributed by atoms with Gasteiger partial charge in [0.2, 0.25) is 5.95 Å². The summed E-state index contributed by atoms with van der Waals surface area (Å²) in [6, 6.07) is 10.0. The number of fused-ring (bicyclic) bond motifs is 1. The quantitative estimate of drug-likeness (QED) is 0.668. The van der Waals surface area contributed by atoms with Gasteiger partial charge >= 0.3 is 5.69 Å². The van der Waals surface area contributed by atoms with Crippen molar-refractivity contribution in [1.82, 2.24) is 24.0 Å². The number of hydrogen-bond acceptors (Lipinski definition) is 5. The minimum absolute atomic E-state index is 0.390. The van der Waals surface area contributed by atoms with Gasteiger partial charge < -0.3 is 4.90 Å². The lowest BCUT2D eigenvalue weighted by molar-refractivity contribution is 0.242. The first kappa shape index (κ1) is 20.4. The molecule has 30 heavy (non-hydrogen) atoms. The Morgan fingerprint density at radius 2 is 1.77 bits per heavy atom. The maximum Gasteiger partial charge on any atom is 0.329 e. The van der Waals surface area contributed by atoms with Crippen LogP contribution in [0, 0.1) is 5.92 Å². The number of benzene rings is 1. The van der Waals surface area contributed by atoms with Gasteiger partial charge in [-0.25, -0.2) is 4.79 Å². The normalized spacial score (nSPS) is 15.4. The molecule has 160 valence electrons. The summed E-state index contributed by atoms with van der Waals surface area (Å²) in [6.07, 6.45) is 1.20. The largest absolute Gasteiger partial charge is 0.340 e. The fourth-order valence-electron chi connectivity index (χ4n) is 3.99. The molecule has 3 aromatic rings. The van der Waals surface area contributed by atoms with Crippen LogP contribution in [-0.4, -0.2) is 56.7 Å². The van der Waals surface area contributed by atoms with Crippen LogP contribution in [0.5, 0.6) is 0 Å². The molecular formula is C22H30N6O2. The Balaban J connectivity index is 1.70. The monoisotopic (exact) mass is 410 g/mol. The zero-order valence-corrected chi connectivity index (χ0v) is 18.0. The molecule has 0 atom stereocenters. The molecule has 1 fully saturated rings. The minimum atomic E-state index is -0.443. The van der Waals surface area contributed by atoms with E-state index in [9.17, 15) is 9.59 Å². The first-order chi connectivity index (χ1) is 14.4. The second-order valence-corrected chi connectivity index (χ2v) is 8.49. The van der Waals surface area contributed by atoms with Gasteiger partial charge in [0.1, 0.15) is 0 Å². The van der Waals surface area contributed by atoms with Crippen LogP contribution in [0.1, 0.15) is 25.8 Å². The molecule has 4 rings (SSSR count). The van der Waals surface area contributed by atoms with Gasteiger partial charge in [-0.1, -0.05) is 44.2 Å². The van der Waals surface area contributed by atoms with Crippen molar-refractivity contribution in [2.45, 2.75) is 26.8 Å². The highest BCUT2D eigenvalue weighted by Gasteiger charge is 2.25. The lowest BCUT2D eigenvalue weighted by atomic mass is 10.1. The maximum absolute atomic E-state index is 12.7. The molecule has 8 nitrogen and oxygen atoms in total. The van der Waals surface area contributed by atoms with Crippen LogP contribution in [0.3, 0.4) is 0 Å². The third-order valence-electron chi connectivity index (χ3n) is 5.85. The van der Waals surface area contributed by atoms with Gasteiger partial charge in [-0.05, 0) is 24.4 Å². The number of piperazine rings is 1. The van der Waals surface area contributed by atoms with Gasteiger partial charge in [0.15, 0.2) is 11.2 Å². The van der Waals surface area contributed by atoms with Gasteiger partial charge in [0, 0.05) is 33.2 Å². The van der Waals surface area contributed by atoms with E-state index in [1.54, 1.807) is 7.05 Å². The maximum atomic E-state index is 12.7. The van der Waals surface area contributed by atoms with Gasteiger partial charge in [0.05, 0.1) is 6.54 Å². The first-order valence-electron chi connectivity index (χ1n) is 10.6. The van der Waals surface area contributed by atoms with Crippen molar-refractivity contribution in [3.05, 3.63) is 56.7 Å². The zero-order chi connectivity index (χ0) is 21.3. The summed E-state index contributed by atoms with van der Waals surface area (Å²) in [5.41, 5.74) is 1.12. The Morgan fingerprint density at radius 3 is 2.43 bits per heavy atom. The van der Waals surface area contributed by atoms with Crippen LogP contribution in [0.15, 0.2) is 39.9 Å². The number of H-pyrrole nitrogens is 1. The van der Waals surface area contributed by atoms with Crippen LogP contribution < -0.4 is 16.1 Å². The highest BCUT2D eigenvalue weighted by atomic mass is 16.2. The van der Waals surface area contributed by atoms with E-state index in [-0.39, 0.29) is 0 Å². The van der Waals surface area contributed by atoms with E-state index in [4.69, 9.17) is 4.98 Å². The lowest BCUT2D eigenvalue weighted by Crippen LogP contribution is -2.47. The first-order valence-corrected chi connectivity index (χ1v) is 10.6. The number of aromatic amines is 1. The molecule has 3 heterocycles. The molecule has 0 amide bonds. The Hall–Kier alpha value is -2.87. The number of aromatic nitrogens is 4. The Kier molecular flexibility index (Phi) is 5.76. The Bertz CT molecular complexity index is 1120. The third kappa shape index (κ3) is 4.05. The summed E-state index contributed by atoms with van der Waals surface area (Å²) >= 11 is 0. The Morgan fingerprint density at radius 1 is 1.07 bits per heavy atom. The molecule has 0 spiro atoms. The van der Waals surface area contributed by atoms with E-state index in [2.05, 4.69) is 28.6 Å². The Labute approximate surface area is 175 Å². The molecule has 1 aromatic carbocycles. The van der Waals surface area contributed by atoms with Gasteiger partial charge in [-0.15, -0.1) is 0 Å². The average Bonchev–Trinajstić information content (AvgIpc) is 3.11. The summed E-state index contributed by atoms with van der Waals surface area (Å²) in [4.78, 5) is 36.7. The molecule has 1 saturated heterocycles. The van der Waals surface area contributed by atoms with Gasteiger partial charge in [-0.2, -0.15) is 4.98 Å². The molecule has 1 aliphatic rings. The second kappa shape index (κ2) is 8.47. The molecular weight excluding hydrogens is 380 g/mol. The van der Waals surface area contributed by atoms with E-state index in [0.29, 0.717) is 23.6 Å². The topological polar surface area (TPSA) is 79.2 Å². The van der Waals surface area contributed by atoms with E-state index >= 15 is 0 Å². The second-order valence-electron chi connectivity index (χ2n) is 8.49. The summed E-state index contributed by atoms with van der Waals surface area (Å²) in [5.74, 6) is 1.45. The van der Waals surface area contributed by atoms with E-state index in [0.717, 1.165) is 44.2 Å². The number of nitrogens with zero attached hydrogens (tertiary/aromatic N) is 5. The van der Waals surface area contributed by atoms with Crippen LogP contribution in [0.2, 0.25) is 0 Å². The average molecular weight is 411 g/mol. The van der Waals surface area contributed by atoms with Crippen molar-refractivity contribution in [3.8, 4) is 0 Å². The molecule has 0 unspecified atom stereocenters. The van der Waals surface area contributed by atoms with Crippen molar-refractivity contribution >= 4 is 17.1 Å². The summed E-state index contributed by atoms with van der Waals surface area (Å²) in [7, 11) is 1.65. The van der Waals surface area contributed by atoms with E-state index < -0.39 is 11.2 Å². The van der Waals surface area contributed by atoms with E-state index in [1.165, 1.54) is 11.0 Å². The number of imidazole rings is 1. The molecule has 0 saturated carbocycles. The lowest BCUT2D eigenvalue weighted by Gasteiger charge is -2.35. The molecule has 1 N–H and O–H groups in total. The molecule has 0 aliphatic carbocycles. The number of anilines is 1. The summed E-state index contributed by atoms with van der Waals surface area (Å²) in [5, 5.41) is 0. The van der Waals surface area contributed by atoms with Crippen LogP contribution in [0.4, 0.5) is 5.95 Å². The van der Waals surface area contributed by atoms with Crippen LogP contribution in [0.25, 0.3) is 11.2 Å². The molecule has 2 aromatic heterocycles. The van der Waals surface area contributed by atoms with Crippen molar-refractivity contribution in [2.75, 3.05) is 37.6 Å². The van der Waals surface area contributed by atoms with E-state index in [1.807, 2.05) is 34.9 Å². The van der Waals surface area contributed by atoms with Gasteiger partial charge in [0.25, 0.3) is 5.56 Å². The molecule has 1 aliphatic heterocycles. The summed E-state index contributed by atoms with van der Waals surface area (Å²) < 4.78 is 3.37. The third-order valence-corrected chi connectivity index (χ3v) is 5.85. The zero-order valence-electron chi connectivity index (χ0n) is 18.0. The smallest absolute Gasteiger partial charge is 0.329 e. The number of rotatable bonds is 6. The van der Waals surface area contributed by atoms with Crippen molar-refractivity contribution in [3.63, 3.8) is 0 Å². The highest BCUT2D eigenvalue weighted by Crippen LogP contribution is 2.22. The number of nitrogens with one attached hydrogen (secondary N) is 1. The molecule has 8 heteroatoms. The van der Waals surface area contributed by atoms with Crippen molar-refractivity contribution < 1.29 is 0 Å². The fraction of sp³-hybridized carbons (Fsp3) is 0.500. The standard InChI is InChI=1S/C22H30N6O2/c1-16(2)9-10-26-11-13-27(14-12-26)21-23-19-18(20(29)24-22(30)25(19)3)28(21)15-17-7-5-4-6-8-17/h4-8,16H,9-15H2,1-3H3,(H,24,29,30). The molecule has 0 radical (unpaired) electrons. The highest BCUT2D eigenvalue weighted by molar-refractivity contribution is 5.74. The van der Waals surface area contributed by atoms with Crippen LogP contribution in [-0.2, 0) is 13.6 Å². The fourth-order valence-corrected chi connectivity index (χ4v) is 3.99. The number of hydrogen-bond donors (Lipinski definition) is 1. The summed E-state index contributed by atoms with van der Waals surface area (Å²) in [6.45, 7) is 9.78. The van der Waals surface area contributed by atoms with Crippen LogP contribution >= 0.6 is 0 Å². The minimum Gasteiger partial charge on any atom is -0.340 e.